The van der Waals surface area contributed by atoms with Crippen molar-refractivity contribution in [2.45, 2.75) is 64.7 Å². The molecular formula is C13H26O. The lowest BCUT2D eigenvalue weighted by Crippen LogP contribution is -1.83. The Labute approximate surface area is 89.2 Å². The van der Waals surface area contributed by atoms with E-state index < -0.39 is 0 Å². The van der Waals surface area contributed by atoms with Crippen molar-refractivity contribution in [3.05, 3.63) is 12.2 Å². The molecule has 0 aromatic rings. The first-order valence-electron chi connectivity index (χ1n) is 6.17. The molecule has 84 valence electrons. The minimum absolute atomic E-state index is 0.358. The highest BCUT2D eigenvalue weighted by Gasteiger charge is 1.88. The Kier molecular flexibility index (Phi) is 12.4. The fraction of sp³-hybridized carbons (Fsp3) is 0.846. The van der Waals surface area contributed by atoms with Crippen LogP contribution in [0, 0.1) is 0 Å². The van der Waals surface area contributed by atoms with Gasteiger partial charge in [0, 0.05) is 6.61 Å². The Balaban J connectivity index is 2.94. The van der Waals surface area contributed by atoms with E-state index >= 15 is 0 Å². The van der Waals surface area contributed by atoms with Crippen LogP contribution in [0.3, 0.4) is 0 Å². The van der Waals surface area contributed by atoms with Gasteiger partial charge >= 0.3 is 0 Å². The number of aliphatic hydroxyl groups excluding tert-OH is 1. The van der Waals surface area contributed by atoms with Gasteiger partial charge in [-0.05, 0) is 25.7 Å². The summed E-state index contributed by atoms with van der Waals surface area (Å²) in [7, 11) is 0. The SMILES string of the molecule is CCCCC=CCCCCCCCO. The third-order valence-electron chi connectivity index (χ3n) is 2.42. The molecule has 0 saturated heterocycles. The Bertz CT molecular complexity index is 118. The molecule has 0 aromatic carbocycles. The number of aliphatic hydroxyl groups is 1. The average Bonchev–Trinajstić information content (AvgIpc) is 2.21. The summed E-state index contributed by atoms with van der Waals surface area (Å²) in [4.78, 5) is 0. The summed E-state index contributed by atoms with van der Waals surface area (Å²) in [5, 5.41) is 8.58. The van der Waals surface area contributed by atoms with Crippen LogP contribution in [0.25, 0.3) is 0 Å². The first kappa shape index (κ1) is 13.7. The second kappa shape index (κ2) is 12.7. The maximum atomic E-state index is 8.58. The van der Waals surface area contributed by atoms with Gasteiger partial charge in [-0.3, -0.25) is 0 Å². The molecule has 0 spiro atoms. The van der Waals surface area contributed by atoms with Gasteiger partial charge in [0.05, 0.1) is 0 Å². The predicted octanol–water partition coefficient (Wildman–Crippen LogP) is 4.07. The van der Waals surface area contributed by atoms with Crippen LogP contribution in [0.2, 0.25) is 0 Å². The summed E-state index contributed by atoms with van der Waals surface area (Å²) in [6.45, 7) is 2.59. The Morgan fingerprint density at radius 1 is 0.786 bits per heavy atom. The van der Waals surface area contributed by atoms with Gasteiger partial charge in [0.15, 0.2) is 0 Å². The summed E-state index contributed by atoms with van der Waals surface area (Å²) in [6, 6.07) is 0. The second-order valence-electron chi connectivity index (χ2n) is 3.89. The van der Waals surface area contributed by atoms with Crippen LogP contribution < -0.4 is 0 Å². The van der Waals surface area contributed by atoms with E-state index in [9.17, 15) is 0 Å². The average molecular weight is 198 g/mol. The highest BCUT2D eigenvalue weighted by atomic mass is 16.2. The molecule has 0 amide bonds. The number of hydrogen-bond acceptors (Lipinski definition) is 1. The third-order valence-corrected chi connectivity index (χ3v) is 2.42. The minimum atomic E-state index is 0.358. The fourth-order valence-electron chi connectivity index (χ4n) is 1.46. The van der Waals surface area contributed by atoms with Crippen molar-refractivity contribution in [2.75, 3.05) is 6.61 Å². The molecule has 0 radical (unpaired) electrons. The first-order chi connectivity index (χ1) is 6.91. The molecule has 14 heavy (non-hydrogen) atoms. The van der Waals surface area contributed by atoms with Gasteiger partial charge in [0.25, 0.3) is 0 Å². The summed E-state index contributed by atoms with van der Waals surface area (Å²) >= 11 is 0. The summed E-state index contributed by atoms with van der Waals surface area (Å²) < 4.78 is 0. The molecule has 0 fully saturated rings. The largest absolute Gasteiger partial charge is 0.396 e. The molecule has 0 unspecified atom stereocenters. The van der Waals surface area contributed by atoms with Crippen LogP contribution in [-0.2, 0) is 0 Å². The van der Waals surface area contributed by atoms with Crippen LogP contribution >= 0.6 is 0 Å². The zero-order chi connectivity index (χ0) is 10.5. The van der Waals surface area contributed by atoms with Crippen molar-refractivity contribution < 1.29 is 5.11 Å². The standard InChI is InChI=1S/C13H26O/c1-2-3-4-5-6-7-8-9-10-11-12-13-14/h5-6,14H,2-4,7-13H2,1H3. The van der Waals surface area contributed by atoms with Crippen molar-refractivity contribution in [1.82, 2.24) is 0 Å². The molecule has 1 heteroatoms. The van der Waals surface area contributed by atoms with Crippen molar-refractivity contribution >= 4 is 0 Å². The first-order valence-corrected chi connectivity index (χ1v) is 6.17. The molecule has 0 heterocycles. The smallest absolute Gasteiger partial charge is 0.0431 e. The van der Waals surface area contributed by atoms with E-state index in [1.165, 1.54) is 51.4 Å². The lowest BCUT2D eigenvalue weighted by atomic mass is 10.1. The van der Waals surface area contributed by atoms with Crippen LogP contribution in [0.4, 0.5) is 0 Å². The highest BCUT2D eigenvalue weighted by molar-refractivity contribution is 4.80. The lowest BCUT2D eigenvalue weighted by molar-refractivity contribution is 0.282. The minimum Gasteiger partial charge on any atom is -0.396 e. The zero-order valence-corrected chi connectivity index (χ0v) is 9.67. The molecule has 0 aliphatic rings. The molecule has 0 aliphatic heterocycles. The maximum Gasteiger partial charge on any atom is 0.0431 e. The second-order valence-corrected chi connectivity index (χ2v) is 3.89. The molecule has 0 bridgehead atoms. The van der Waals surface area contributed by atoms with E-state index in [0.29, 0.717) is 6.61 Å². The Hall–Kier alpha value is -0.300. The van der Waals surface area contributed by atoms with Crippen molar-refractivity contribution in [1.29, 1.82) is 0 Å². The van der Waals surface area contributed by atoms with Gasteiger partial charge in [0.1, 0.15) is 0 Å². The van der Waals surface area contributed by atoms with E-state index in [2.05, 4.69) is 19.1 Å². The monoisotopic (exact) mass is 198 g/mol. The molecule has 0 rings (SSSR count). The molecular weight excluding hydrogens is 172 g/mol. The van der Waals surface area contributed by atoms with Gasteiger partial charge in [-0.25, -0.2) is 0 Å². The number of rotatable bonds is 10. The van der Waals surface area contributed by atoms with Gasteiger partial charge in [-0.1, -0.05) is 51.2 Å². The lowest BCUT2D eigenvalue weighted by Gasteiger charge is -1.97. The van der Waals surface area contributed by atoms with E-state index in [-0.39, 0.29) is 0 Å². The van der Waals surface area contributed by atoms with Crippen LogP contribution in [0.5, 0.6) is 0 Å². The number of hydrogen-bond donors (Lipinski definition) is 1. The predicted molar refractivity (Wildman–Crippen MR) is 63.5 cm³/mol. The molecule has 1 nitrogen and oxygen atoms in total. The Morgan fingerprint density at radius 3 is 2.00 bits per heavy atom. The van der Waals surface area contributed by atoms with Gasteiger partial charge in [0.2, 0.25) is 0 Å². The summed E-state index contributed by atoms with van der Waals surface area (Å²) in [5.41, 5.74) is 0. The molecule has 0 aliphatic carbocycles. The van der Waals surface area contributed by atoms with Gasteiger partial charge in [-0.15, -0.1) is 0 Å². The van der Waals surface area contributed by atoms with Crippen LogP contribution in [0.1, 0.15) is 64.7 Å². The van der Waals surface area contributed by atoms with Gasteiger partial charge < -0.3 is 5.11 Å². The number of allylic oxidation sites excluding steroid dienone is 2. The van der Waals surface area contributed by atoms with E-state index in [1.807, 2.05) is 0 Å². The molecule has 0 saturated carbocycles. The number of unbranched alkanes of at least 4 members (excludes halogenated alkanes) is 7. The zero-order valence-electron chi connectivity index (χ0n) is 9.67. The normalized spacial score (nSPS) is 11.3. The fourth-order valence-corrected chi connectivity index (χ4v) is 1.46. The Morgan fingerprint density at radius 2 is 1.36 bits per heavy atom. The van der Waals surface area contributed by atoms with E-state index in [4.69, 9.17) is 5.11 Å². The molecule has 0 aromatic heterocycles. The topological polar surface area (TPSA) is 20.2 Å². The molecule has 0 atom stereocenters. The summed E-state index contributed by atoms with van der Waals surface area (Å²) in [5.74, 6) is 0. The van der Waals surface area contributed by atoms with Crippen LogP contribution in [-0.4, -0.2) is 11.7 Å². The van der Waals surface area contributed by atoms with Crippen molar-refractivity contribution in [2.24, 2.45) is 0 Å². The quantitative estimate of drug-likeness (QED) is 0.414. The summed E-state index contributed by atoms with van der Waals surface area (Å²) in [6.07, 6.45) is 15.8. The third kappa shape index (κ3) is 11.7. The van der Waals surface area contributed by atoms with E-state index in [0.717, 1.165) is 6.42 Å². The van der Waals surface area contributed by atoms with Gasteiger partial charge in [-0.2, -0.15) is 0 Å². The van der Waals surface area contributed by atoms with Crippen molar-refractivity contribution in [3.8, 4) is 0 Å². The molecule has 1 N–H and O–H groups in total. The van der Waals surface area contributed by atoms with Crippen LogP contribution in [0.15, 0.2) is 12.2 Å². The maximum absolute atomic E-state index is 8.58. The van der Waals surface area contributed by atoms with E-state index in [1.54, 1.807) is 0 Å². The highest BCUT2D eigenvalue weighted by Crippen LogP contribution is 2.06. The van der Waals surface area contributed by atoms with Crippen molar-refractivity contribution in [3.63, 3.8) is 0 Å².